The monoisotopic (exact) mass is 148 g/mol. The first-order valence-electron chi connectivity index (χ1n) is 4.00. The lowest BCUT2D eigenvalue weighted by atomic mass is 10.1. The van der Waals surface area contributed by atoms with Gasteiger partial charge in [-0.3, -0.25) is 0 Å². The van der Waals surface area contributed by atoms with Gasteiger partial charge >= 0.3 is 0 Å². The van der Waals surface area contributed by atoms with Crippen molar-refractivity contribution >= 4 is 0 Å². The second-order valence-electron chi connectivity index (χ2n) is 3.64. The molecule has 1 aliphatic carbocycles. The maximum Gasteiger partial charge on any atom is 0.134 e. The van der Waals surface area contributed by atoms with Crippen LogP contribution in [0, 0.1) is 6.92 Å². The van der Waals surface area contributed by atoms with Crippen LogP contribution in [0.3, 0.4) is 0 Å². The number of hydrogen-bond donors (Lipinski definition) is 0. The molecule has 1 aromatic heterocycles. The summed E-state index contributed by atoms with van der Waals surface area (Å²) in [5.41, 5.74) is 1.45. The zero-order chi connectivity index (χ0) is 7.90. The van der Waals surface area contributed by atoms with Crippen molar-refractivity contribution < 1.29 is 0 Å². The topological polar surface area (TPSA) is 25.8 Å². The van der Waals surface area contributed by atoms with Crippen molar-refractivity contribution in [3.05, 3.63) is 23.8 Å². The van der Waals surface area contributed by atoms with Crippen molar-refractivity contribution in [2.45, 2.75) is 32.1 Å². The number of hydrogen-bond acceptors (Lipinski definition) is 2. The third-order valence-electron chi connectivity index (χ3n) is 2.32. The van der Waals surface area contributed by atoms with Crippen molar-refractivity contribution in [3.8, 4) is 0 Å². The van der Waals surface area contributed by atoms with E-state index in [9.17, 15) is 0 Å². The van der Waals surface area contributed by atoms with E-state index < -0.39 is 0 Å². The zero-order valence-corrected chi connectivity index (χ0v) is 6.96. The van der Waals surface area contributed by atoms with Crippen LogP contribution in [0.25, 0.3) is 0 Å². The molecule has 0 bridgehead atoms. The Labute approximate surface area is 66.7 Å². The smallest absolute Gasteiger partial charge is 0.134 e. The minimum Gasteiger partial charge on any atom is -0.241 e. The van der Waals surface area contributed by atoms with E-state index in [1.165, 1.54) is 12.8 Å². The van der Waals surface area contributed by atoms with Crippen LogP contribution < -0.4 is 0 Å². The fraction of sp³-hybridized carbons (Fsp3) is 0.556. The highest BCUT2D eigenvalue weighted by Gasteiger charge is 2.41. The first-order chi connectivity index (χ1) is 5.21. The Morgan fingerprint density at radius 2 is 1.82 bits per heavy atom. The van der Waals surface area contributed by atoms with Crippen molar-refractivity contribution in [3.63, 3.8) is 0 Å². The van der Waals surface area contributed by atoms with Crippen LogP contribution in [0.15, 0.2) is 12.4 Å². The average molecular weight is 148 g/mol. The Morgan fingerprint density at radius 1 is 1.27 bits per heavy atom. The van der Waals surface area contributed by atoms with Gasteiger partial charge in [0.2, 0.25) is 0 Å². The number of aromatic nitrogens is 2. The largest absolute Gasteiger partial charge is 0.241 e. The molecule has 0 saturated heterocycles. The van der Waals surface area contributed by atoms with Crippen LogP contribution in [-0.4, -0.2) is 9.97 Å². The summed E-state index contributed by atoms with van der Waals surface area (Å²) in [6, 6.07) is 0. The summed E-state index contributed by atoms with van der Waals surface area (Å²) in [5, 5.41) is 0. The Balaban J connectivity index is 2.33. The standard InChI is InChI=1S/C9H12N2/c1-7-5-10-8(11-6-7)9(2)3-4-9/h5-6H,3-4H2,1-2H3. The van der Waals surface area contributed by atoms with Crippen molar-refractivity contribution in [2.24, 2.45) is 0 Å². The van der Waals surface area contributed by atoms with Crippen molar-refractivity contribution in [2.75, 3.05) is 0 Å². The van der Waals surface area contributed by atoms with Gasteiger partial charge in [-0.2, -0.15) is 0 Å². The molecule has 11 heavy (non-hydrogen) atoms. The SMILES string of the molecule is Cc1cnc(C2(C)CC2)nc1. The second-order valence-corrected chi connectivity index (χ2v) is 3.64. The molecule has 0 atom stereocenters. The molecule has 1 heterocycles. The third-order valence-corrected chi connectivity index (χ3v) is 2.32. The van der Waals surface area contributed by atoms with Gasteiger partial charge in [0.25, 0.3) is 0 Å². The second kappa shape index (κ2) is 2.03. The minimum absolute atomic E-state index is 0.313. The first-order valence-corrected chi connectivity index (χ1v) is 4.00. The molecule has 1 fully saturated rings. The zero-order valence-electron chi connectivity index (χ0n) is 6.96. The molecule has 1 aromatic rings. The van der Waals surface area contributed by atoms with E-state index in [0.717, 1.165) is 11.4 Å². The lowest BCUT2D eigenvalue weighted by molar-refractivity contribution is 0.706. The summed E-state index contributed by atoms with van der Waals surface area (Å²) in [6.45, 7) is 4.23. The molecule has 0 unspecified atom stereocenters. The summed E-state index contributed by atoms with van der Waals surface area (Å²) in [6.07, 6.45) is 6.28. The summed E-state index contributed by atoms with van der Waals surface area (Å²) in [4.78, 5) is 8.60. The van der Waals surface area contributed by atoms with Crippen LogP contribution in [0.4, 0.5) is 0 Å². The van der Waals surface area contributed by atoms with Gasteiger partial charge in [-0.1, -0.05) is 6.92 Å². The fourth-order valence-corrected chi connectivity index (χ4v) is 1.12. The van der Waals surface area contributed by atoms with Gasteiger partial charge in [-0.25, -0.2) is 9.97 Å². The molecular weight excluding hydrogens is 136 g/mol. The molecule has 2 heteroatoms. The molecule has 0 aliphatic heterocycles. The molecule has 2 nitrogen and oxygen atoms in total. The normalized spacial score (nSPS) is 19.8. The molecule has 0 radical (unpaired) electrons. The van der Waals surface area contributed by atoms with Crippen molar-refractivity contribution in [1.82, 2.24) is 9.97 Å². The van der Waals surface area contributed by atoms with Gasteiger partial charge < -0.3 is 0 Å². The summed E-state index contributed by atoms with van der Waals surface area (Å²) >= 11 is 0. The molecule has 0 aromatic carbocycles. The average Bonchev–Trinajstić information content (AvgIpc) is 2.70. The highest BCUT2D eigenvalue weighted by Crippen LogP contribution is 2.45. The quantitative estimate of drug-likeness (QED) is 0.607. The predicted molar refractivity (Wildman–Crippen MR) is 43.4 cm³/mol. The third kappa shape index (κ3) is 1.13. The van der Waals surface area contributed by atoms with Gasteiger partial charge in [0.15, 0.2) is 0 Å². The van der Waals surface area contributed by atoms with Gasteiger partial charge in [0.05, 0.1) is 0 Å². The molecular formula is C9H12N2. The van der Waals surface area contributed by atoms with E-state index in [-0.39, 0.29) is 0 Å². The highest BCUT2D eigenvalue weighted by molar-refractivity contribution is 5.16. The summed E-state index contributed by atoms with van der Waals surface area (Å²) in [7, 11) is 0. The molecule has 0 N–H and O–H groups in total. The van der Waals surface area contributed by atoms with Gasteiger partial charge in [-0.05, 0) is 25.3 Å². The van der Waals surface area contributed by atoms with Gasteiger partial charge in [0, 0.05) is 17.8 Å². The van der Waals surface area contributed by atoms with E-state index in [1.807, 2.05) is 19.3 Å². The lowest BCUT2D eigenvalue weighted by Gasteiger charge is -2.04. The van der Waals surface area contributed by atoms with E-state index in [4.69, 9.17) is 0 Å². The van der Waals surface area contributed by atoms with Crippen LogP contribution in [-0.2, 0) is 5.41 Å². The van der Waals surface area contributed by atoms with Crippen LogP contribution in [0.1, 0.15) is 31.2 Å². The predicted octanol–water partition coefficient (Wildman–Crippen LogP) is 1.84. The maximum atomic E-state index is 4.30. The van der Waals surface area contributed by atoms with Crippen LogP contribution in [0.5, 0.6) is 0 Å². The first kappa shape index (κ1) is 6.77. The van der Waals surface area contributed by atoms with E-state index >= 15 is 0 Å². The number of nitrogens with zero attached hydrogens (tertiary/aromatic N) is 2. The molecule has 0 spiro atoms. The molecule has 58 valence electrons. The Morgan fingerprint density at radius 3 is 2.27 bits per heavy atom. The van der Waals surface area contributed by atoms with E-state index in [2.05, 4.69) is 16.9 Å². The maximum absolute atomic E-state index is 4.30. The van der Waals surface area contributed by atoms with Crippen LogP contribution >= 0.6 is 0 Å². The Kier molecular flexibility index (Phi) is 1.25. The molecule has 1 saturated carbocycles. The molecule has 1 aliphatic rings. The van der Waals surface area contributed by atoms with E-state index in [1.54, 1.807) is 0 Å². The Bertz CT molecular complexity index is 259. The molecule has 0 amide bonds. The van der Waals surface area contributed by atoms with Gasteiger partial charge in [-0.15, -0.1) is 0 Å². The summed E-state index contributed by atoms with van der Waals surface area (Å²) in [5.74, 6) is 1.02. The fourth-order valence-electron chi connectivity index (χ4n) is 1.12. The molecule has 2 rings (SSSR count). The van der Waals surface area contributed by atoms with E-state index in [0.29, 0.717) is 5.41 Å². The van der Waals surface area contributed by atoms with Crippen molar-refractivity contribution in [1.29, 1.82) is 0 Å². The minimum atomic E-state index is 0.313. The lowest BCUT2D eigenvalue weighted by Crippen LogP contribution is -2.05. The highest BCUT2D eigenvalue weighted by atomic mass is 14.9. The van der Waals surface area contributed by atoms with Crippen LogP contribution in [0.2, 0.25) is 0 Å². The van der Waals surface area contributed by atoms with Gasteiger partial charge in [0.1, 0.15) is 5.82 Å². The number of rotatable bonds is 1. The number of aryl methyl sites for hydroxylation is 1. The summed E-state index contributed by atoms with van der Waals surface area (Å²) < 4.78 is 0. The Hall–Kier alpha value is -0.920.